The van der Waals surface area contributed by atoms with Crippen molar-refractivity contribution in [2.24, 2.45) is 0 Å². The lowest BCUT2D eigenvalue weighted by atomic mass is 10.0. The number of nitrogens with one attached hydrogen (secondary N) is 2. The number of hydrogen-bond donors (Lipinski definition) is 2. The molecule has 5 rings (SSSR count). The number of ether oxygens (including phenoxy) is 1. The Balaban J connectivity index is 1.31. The zero-order chi connectivity index (χ0) is 26.0. The van der Waals surface area contributed by atoms with E-state index in [1.807, 2.05) is 42.5 Å². The van der Waals surface area contributed by atoms with E-state index < -0.39 is 43.3 Å². The van der Waals surface area contributed by atoms with Crippen LogP contribution in [-0.2, 0) is 4.79 Å². The molecular weight excluding hydrogens is 480 g/mol. The Morgan fingerprint density at radius 3 is 2.81 bits per heavy atom. The first-order valence-corrected chi connectivity index (χ1v) is 11.8. The number of hydrogen-bond acceptors (Lipinski definition) is 6. The van der Waals surface area contributed by atoms with Crippen LogP contribution in [0.1, 0.15) is 27.9 Å². The molecule has 0 spiro atoms. The van der Waals surface area contributed by atoms with Crippen LogP contribution in [0.5, 0.6) is 5.75 Å². The molecule has 1 saturated heterocycles. The normalized spacial score (nSPS) is 18.1. The van der Waals surface area contributed by atoms with Gasteiger partial charge in [0.25, 0.3) is 11.8 Å². The second kappa shape index (κ2) is 9.85. The Hall–Kier alpha value is -4.52. The molecule has 2 aliphatic rings. The standard InChI is InChI=1S/C27H23F2N5O3/c28-27(29)13-19(14-30)34(16-27)25(35)15-33-26(36)20-7-8-31-22-5-3-17(11-21(20)22)1-2-18-4-6-23-24(12-18)37-10-9-32-23/h1-8,11-12,19,32H,9-10,13,15-16H2,(H,33,36). The van der Waals surface area contributed by atoms with Gasteiger partial charge in [-0.2, -0.15) is 5.26 Å². The molecule has 2 amide bonds. The first-order chi connectivity index (χ1) is 17.8. The number of carbonyl (C=O) groups excluding carboxylic acids is 2. The summed E-state index contributed by atoms with van der Waals surface area (Å²) in [6, 6.07) is 13.4. The summed E-state index contributed by atoms with van der Waals surface area (Å²) in [6.07, 6.45) is 4.63. The average molecular weight is 504 g/mol. The molecule has 3 aromatic rings. The van der Waals surface area contributed by atoms with E-state index >= 15 is 0 Å². The Bertz CT molecular complexity index is 1450. The number of nitrogens with zero attached hydrogens (tertiary/aromatic N) is 3. The Morgan fingerprint density at radius 2 is 2.00 bits per heavy atom. The van der Waals surface area contributed by atoms with Crippen molar-refractivity contribution in [1.29, 1.82) is 5.26 Å². The van der Waals surface area contributed by atoms with E-state index in [1.165, 1.54) is 12.3 Å². The smallest absolute Gasteiger partial charge is 0.268 e. The fourth-order valence-electron chi connectivity index (χ4n) is 4.46. The van der Waals surface area contributed by atoms with Crippen LogP contribution in [0, 0.1) is 11.3 Å². The minimum atomic E-state index is -3.12. The van der Waals surface area contributed by atoms with Crippen LogP contribution in [0.3, 0.4) is 0 Å². The Morgan fingerprint density at radius 1 is 1.22 bits per heavy atom. The lowest BCUT2D eigenvalue weighted by Gasteiger charge is -2.19. The van der Waals surface area contributed by atoms with Gasteiger partial charge < -0.3 is 20.3 Å². The largest absolute Gasteiger partial charge is 0.490 e. The molecule has 0 saturated carbocycles. The minimum absolute atomic E-state index is 0.296. The van der Waals surface area contributed by atoms with Gasteiger partial charge in [0, 0.05) is 24.5 Å². The third-order valence-corrected chi connectivity index (χ3v) is 6.30. The molecule has 8 nitrogen and oxygen atoms in total. The fraction of sp³-hybridized carbons (Fsp3) is 0.259. The van der Waals surface area contributed by atoms with Crippen molar-refractivity contribution in [2.45, 2.75) is 18.4 Å². The zero-order valence-electron chi connectivity index (χ0n) is 19.7. The van der Waals surface area contributed by atoms with Gasteiger partial charge in [-0.1, -0.05) is 24.3 Å². The molecule has 2 aromatic carbocycles. The molecule has 0 radical (unpaired) electrons. The van der Waals surface area contributed by atoms with Gasteiger partial charge in [0.15, 0.2) is 0 Å². The van der Waals surface area contributed by atoms with Crippen LogP contribution in [0.4, 0.5) is 14.5 Å². The van der Waals surface area contributed by atoms with Crippen LogP contribution >= 0.6 is 0 Å². The average Bonchev–Trinajstić information content (AvgIpc) is 3.24. The zero-order valence-corrected chi connectivity index (χ0v) is 19.7. The summed E-state index contributed by atoms with van der Waals surface area (Å²) in [5.74, 6) is -3.60. The molecule has 2 aliphatic heterocycles. The Kier molecular flexibility index (Phi) is 6.44. The highest BCUT2D eigenvalue weighted by atomic mass is 19.3. The number of anilines is 1. The number of carbonyl (C=O) groups is 2. The number of alkyl halides is 2. The van der Waals surface area contributed by atoms with Gasteiger partial charge in [0.2, 0.25) is 5.91 Å². The maximum atomic E-state index is 13.7. The number of pyridine rings is 1. The van der Waals surface area contributed by atoms with Crippen LogP contribution in [-0.4, -0.2) is 59.9 Å². The number of nitriles is 1. The maximum absolute atomic E-state index is 13.7. The van der Waals surface area contributed by atoms with Gasteiger partial charge in [-0.25, -0.2) is 8.78 Å². The van der Waals surface area contributed by atoms with Crippen LogP contribution in [0.2, 0.25) is 0 Å². The number of likely N-dealkylation sites (tertiary alicyclic amines) is 1. The Labute approximate surface area is 211 Å². The summed E-state index contributed by atoms with van der Waals surface area (Å²) in [6.45, 7) is 0.0517. The quantitative estimate of drug-likeness (QED) is 0.515. The van der Waals surface area contributed by atoms with Gasteiger partial charge in [0.05, 0.1) is 35.9 Å². The summed E-state index contributed by atoms with van der Waals surface area (Å²) in [4.78, 5) is 30.5. The summed E-state index contributed by atoms with van der Waals surface area (Å²) in [7, 11) is 0. The lowest BCUT2D eigenvalue weighted by molar-refractivity contribution is -0.131. The van der Waals surface area contributed by atoms with E-state index in [1.54, 1.807) is 12.1 Å². The highest BCUT2D eigenvalue weighted by Crippen LogP contribution is 2.32. The maximum Gasteiger partial charge on any atom is 0.268 e. The lowest BCUT2D eigenvalue weighted by Crippen LogP contribution is -2.43. The molecule has 0 aliphatic carbocycles. The van der Waals surface area contributed by atoms with Crippen LogP contribution in [0.25, 0.3) is 23.1 Å². The van der Waals surface area contributed by atoms with E-state index in [0.717, 1.165) is 34.0 Å². The van der Waals surface area contributed by atoms with Gasteiger partial charge in [0.1, 0.15) is 18.4 Å². The molecule has 1 aromatic heterocycles. The first-order valence-electron chi connectivity index (χ1n) is 11.8. The highest BCUT2D eigenvalue weighted by Gasteiger charge is 2.47. The molecule has 2 N–H and O–H groups in total. The number of halogens is 2. The van der Waals surface area contributed by atoms with Crippen molar-refractivity contribution in [3.05, 3.63) is 65.4 Å². The van der Waals surface area contributed by atoms with Crippen molar-refractivity contribution in [3.8, 4) is 11.8 Å². The van der Waals surface area contributed by atoms with Crippen molar-refractivity contribution < 1.29 is 23.1 Å². The van der Waals surface area contributed by atoms with Crippen LogP contribution in [0.15, 0.2) is 48.7 Å². The molecule has 10 heteroatoms. The van der Waals surface area contributed by atoms with E-state index in [9.17, 15) is 18.4 Å². The molecular formula is C27H23F2N5O3. The summed E-state index contributed by atoms with van der Waals surface area (Å²) in [5.41, 5.74) is 3.63. The van der Waals surface area contributed by atoms with Gasteiger partial charge >= 0.3 is 0 Å². The molecule has 1 unspecified atom stereocenters. The van der Waals surface area contributed by atoms with Crippen LogP contribution < -0.4 is 15.4 Å². The third kappa shape index (κ3) is 5.21. The predicted molar refractivity (Wildman–Crippen MR) is 134 cm³/mol. The van der Waals surface area contributed by atoms with Gasteiger partial charge in [-0.15, -0.1) is 0 Å². The summed E-state index contributed by atoms with van der Waals surface area (Å²) >= 11 is 0. The predicted octanol–water partition coefficient (Wildman–Crippen LogP) is 3.70. The molecule has 1 atom stereocenters. The van der Waals surface area contributed by atoms with E-state index in [-0.39, 0.29) is 0 Å². The van der Waals surface area contributed by atoms with Crippen molar-refractivity contribution in [2.75, 3.05) is 31.6 Å². The number of aromatic nitrogens is 1. The fourth-order valence-corrected chi connectivity index (χ4v) is 4.46. The minimum Gasteiger partial charge on any atom is -0.490 e. The molecule has 3 heterocycles. The van der Waals surface area contributed by atoms with Crippen molar-refractivity contribution in [1.82, 2.24) is 15.2 Å². The van der Waals surface area contributed by atoms with Gasteiger partial charge in [-0.05, 0) is 41.5 Å². The number of fused-ring (bicyclic) bond motifs is 2. The molecule has 37 heavy (non-hydrogen) atoms. The molecule has 1 fully saturated rings. The molecule has 188 valence electrons. The van der Waals surface area contributed by atoms with E-state index in [2.05, 4.69) is 15.6 Å². The van der Waals surface area contributed by atoms with E-state index in [4.69, 9.17) is 10.00 Å². The summed E-state index contributed by atoms with van der Waals surface area (Å²) < 4.78 is 33.0. The topological polar surface area (TPSA) is 107 Å². The number of rotatable bonds is 5. The molecule has 0 bridgehead atoms. The van der Waals surface area contributed by atoms with E-state index in [0.29, 0.717) is 23.1 Å². The summed E-state index contributed by atoms with van der Waals surface area (Å²) in [5, 5.41) is 15.5. The highest BCUT2D eigenvalue weighted by molar-refractivity contribution is 6.07. The monoisotopic (exact) mass is 503 g/mol. The van der Waals surface area contributed by atoms with Crippen molar-refractivity contribution in [3.63, 3.8) is 0 Å². The van der Waals surface area contributed by atoms with Gasteiger partial charge in [-0.3, -0.25) is 14.6 Å². The number of benzene rings is 2. The number of amides is 2. The van der Waals surface area contributed by atoms with Crippen molar-refractivity contribution >= 4 is 40.6 Å². The third-order valence-electron chi connectivity index (χ3n) is 6.30. The SMILES string of the molecule is N#CC1CC(F)(F)CN1C(=O)CNC(=O)c1ccnc2ccc(C=Cc3ccc4c(c3)OCCN4)cc12. The second-order valence-corrected chi connectivity index (χ2v) is 8.91. The second-order valence-electron chi connectivity index (χ2n) is 8.91. The first kappa shape index (κ1) is 24.2.